The van der Waals surface area contributed by atoms with Gasteiger partial charge in [0.15, 0.2) is 0 Å². The summed E-state index contributed by atoms with van der Waals surface area (Å²) in [6.07, 6.45) is -0.696. The third-order valence-corrected chi connectivity index (χ3v) is 3.34. The maximum atomic E-state index is 12.4. The van der Waals surface area contributed by atoms with E-state index in [0.29, 0.717) is 12.3 Å². The average Bonchev–Trinajstić information content (AvgIpc) is 2.82. The van der Waals surface area contributed by atoms with Crippen molar-refractivity contribution >= 4 is 15.9 Å². The number of hydrogen-bond acceptors (Lipinski definition) is 2. The molecule has 1 unspecified atom stereocenters. The summed E-state index contributed by atoms with van der Waals surface area (Å²) in [7, 11) is 0. The minimum atomic E-state index is -4.23. The van der Waals surface area contributed by atoms with Crippen molar-refractivity contribution < 1.29 is 17.9 Å². The lowest BCUT2D eigenvalue weighted by Gasteiger charge is -2.16. The second-order valence-corrected chi connectivity index (χ2v) is 5.67. The maximum Gasteiger partial charge on any atom is 0.394 e. The highest BCUT2D eigenvalue weighted by Gasteiger charge is 2.36. The Morgan fingerprint density at radius 1 is 1.29 bits per heavy atom. The lowest BCUT2D eigenvalue weighted by Crippen LogP contribution is -2.25. The van der Waals surface area contributed by atoms with Gasteiger partial charge in [-0.15, -0.1) is 0 Å². The summed E-state index contributed by atoms with van der Waals surface area (Å²) in [6, 6.07) is 6.94. The lowest BCUT2D eigenvalue weighted by molar-refractivity contribution is -0.176. The highest BCUT2D eigenvalue weighted by Crippen LogP contribution is 2.26. The Hall–Kier alpha value is -1.50. The smallest absolute Gasteiger partial charge is 0.394 e. The quantitative estimate of drug-likeness (QED) is 0.793. The standard InChI is InChI=1S/C14H14BrF3N2O/c1-10(14(16,17)18)9-21-13-4-2-11(3-5-13)7-20-8-12(15)6-19-20/h2-6,8,10H,7,9H2,1H3. The minimum absolute atomic E-state index is 0.380. The molecule has 0 saturated heterocycles. The number of halogens is 4. The van der Waals surface area contributed by atoms with Gasteiger partial charge in [0.25, 0.3) is 0 Å². The molecule has 0 N–H and O–H groups in total. The number of rotatable bonds is 5. The summed E-state index contributed by atoms with van der Waals surface area (Å²) < 4.78 is 44.9. The van der Waals surface area contributed by atoms with Crippen molar-refractivity contribution in [3.63, 3.8) is 0 Å². The third-order valence-electron chi connectivity index (χ3n) is 2.93. The molecule has 7 heteroatoms. The fraction of sp³-hybridized carbons (Fsp3) is 0.357. The Morgan fingerprint density at radius 2 is 1.95 bits per heavy atom. The summed E-state index contributed by atoms with van der Waals surface area (Å²) in [5.41, 5.74) is 0.988. The van der Waals surface area contributed by atoms with Crippen molar-refractivity contribution in [1.29, 1.82) is 0 Å². The van der Waals surface area contributed by atoms with Gasteiger partial charge in [-0.3, -0.25) is 4.68 Å². The van der Waals surface area contributed by atoms with Crippen LogP contribution in [0.5, 0.6) is 5.75 Å². The van der Waals surface area contributed by atoms with E-state index in [1.807, 2.05) is 18.3 Å². The molecule has 0 aliphatic heterocycles. The Bertz CT molecular complexity index is 581. The van der Waals surface area contributed by atoms with E-state index < -0.39 is 12.1 Å². The van der Waals surface area contributed by atoms with Crippen LogP contribution in [0.2, 0.25) is 0 Å². The number of nitrogens with zero attached hydrogens (tertiary/aromatic N) is 2. The molecule has 0 aliphatic carbocycles. The SMILES string of the molecule is CC(COc1ccc(Cn2cc(Br)cn2)cc1)C(F)(F)F. The van der Waals surface area contributed by atoms with Gasteiger partial charge in [0.1, 0.15) is 5.75 Å². The van der Waals surface area contributed by atoms with Gasteiger partial charge >= 0.3 is 6.18 Å². The van der Waals surface area contributed by atoms with Crippen molar-refractivity contribution in [3.8, 4) is 5.75 Å². The van der Waals surface area contributed by atoms with Crippen molar-refractivity contribution in [3.05, 3.63) is 46.7 Å². The number of hydrogen-bond donors (Lipinski definition) is 0. The van der Waals surface area contributed by atoms with Crippen LogP contribution in [0.3, 0.4) is 0 Å². The molecule has 0 spiro atoms. The normalized spacial score (nSPS) is 13.2. The van der Waals surface area contributed by atoms with Crippen LogP contribution in [-0.2, 0) is 6.54 Å². The molecule has 0 aliphatic rings. The van der Waals surface area contributed by atoms with Gasteiger partial charge in [0, 0.05) is 6.20 Å². The Labute approximate surface area is 128 Å². The molecular weight excluding hydrogens is 349 g/mol. The highest BCUT2D eigenvalue weighted by molar-refractivity contribution is 9.10. The van der Waals surface area contributed by atoms with Gasteiger partial charge < -0.3 is 4.74 Å². The molecule has 0 amide bonds. The van der Waals surface area contributed by atoms with E-state index in [-0.39, 0.29) is 6.61 Å². The molecule has 114 valence electrons. The van der Waals surface area contributed by atoms with Crippen LogP contribution < -0.4 is 4.74 Å². The lowest BCUT2D eigenvalue weighted by atomic mass is 10.2. The molecule has 0 radical (unpaired) electrons. The average molecular weight is 363 g/mol. The fourth-order valence-corrected chi connectivity index (χ4v) is 1.95. The summed E-state index contributed by atoms with van der Waals surface area (Å²) in [4.78, 5) is 0. The summed E-state index contributed by atoms with van der Waals surface area (Å²) >= 11 is 3.31. The van der Waals surface area contributed by atoms with Crippen LogP contribution in [-0.4, -0.2) is 22.6 Å². The molecule has 2 aromatic rings. The molecule has 21 heavy (non-hydrogen) atoms. The van der Waals surface area contributed by atoms with E-state index in [9.17, 15) is 13.2 Å². The van der Waals surface area contributed by atoms with Gasteiger partial charge in [-0.05, 0) is 33.6 Å². The van der Waals surface area contributed by atoms with Crippen LogP contribution in [0.1, 0.15) is 12.5 Å². The van der Waals surface area contributed by atoms with Crippen LogP contribution in [0.25, 0.3) is 0 Å². The summed E-state index contributed by atoms with van der Waals surface area (Å²) in [5, 5.41) is 4.13. The Balaban J connectivity index is 1.90. The Kier molecular flexibility index (Phi) is 4.92. The molecule has 1 aromatic heterocycles. The molecule has 0 saturated carbocycles. The second kappa shape index (κ2) is 6.51. The van der Waals surface area contributed by atoms with Crippen LogP contribution >= 0.6 is 15.9 Å². The fourth-order valence-electron chi connectivity index (χ4n) is 1.62. The zero-order valence-electron chi connectivity index (χ0n) is 11.3. The van der Waals surface area contributed by atoms with Gasteiger partial charge in [-0.2, -0.15) is 18.3 Å². The zero-order valence-corrected chi connectivity index (χ0v) is 12.9. The van der Waals surface area contributed by atoms with Gasteiger partial charge in [0.05, 0.1) is 29.7 Å². The van der Waals surface area contributed by atoms with Gasteiger partial charge in [0.2, 0.25) is 0 Å². The molecule has 1 atom stereocenters. The van der Waals surface area contributed by atoms with Gasteiger partial charge in [-0.1, -0.05) is 19.1 Å². The predicted molar refractivity (Wildman–Crippen MR) is 76.2 cm³/mol. The first-order valence-corrected chi connectivity index (χ1v) is 7.10. The van der Waals surface area contributed by atoms with Crippen LogP contribution in [0, 0.1) is 5.92 Å². The molecular formula is C14H14BrF3N2O. The molecule has 2 rings (SSSR count). The van der Waals surface area contributed by atoms with Crippen LogP contribution in [0.15, 0.2) is 41.1 Å². The number of alkyl halides is 3. The monoisotopic (exact) mass is 362 g/mol. The maximum absolute atomic E-state index is 12.4. The van der Waals surface area contributed by atoms with Crippen LogP contribution in [0.4, 0.5) is 13.2 Å². The van der Waals surface area contributed by atoms with Crippen molar-refractivity contribution in [2.24, 2.45) is 5.92 Å². The number of aromatic nitrogens is 2. The first-order chi connectivity index (χ1) is 9.84. The van der Waals surface area contributed by atoms with Crippen molar-refractivity contribution in [2.45, 2.75) is 19.6 Å². The number of benzene rings is 1. The van der Waals surface area contributed by atoms with Crippen molar-refractivity contribution in [1.82, 2.24) is 9.78 Å². The van der Waals surface area contributed by atoms with E-state index >= 15 is 0 Å². The van der Waals surface area contributed by atoms with E-state index in [0.717, 1.165) is 17.0 Å². The topological polar surface area (TPSA) is 27.1 Å². The molecule has 0 bridgehead atoms. The number of ether oxygens (including phenoxy) is 1. The molecule has 1 heterocycles. The Morgan fingerprint density at radius 3 is 2.48 bits per heavy atom. The molecule has 0 fully saturated rings. The predicted octanol–water partition coefficient (Wildman–Crippen LogP) is 4.27. The molecule has 1 aromatic carbocycles. The van der Waals surface area contributed by atoms with Crippen molar-refractivity contribution in [2.75, 3.05) is 6.61 Å². The van der Waals surface area contributed by atoms with Gasteiger partial charge in [-0.25, -0.2) is 0 Å². The van der Waals surface area contributed by atoms with E-state index in [2.05, 4.69) is 21.0 Å². The van der Waals surface area contributed by atoms with E-state index in [1.54, 1.807) is 23.0 Å². The minimum Gasteiger partial charge on any atom is -0.493 e. The highest BCUT2D eigenvalue weighted by atomic mass is 79.9. The van der Waals surface area contributed by atoms with E-state index in [1.165, 1.54) is 0 Å². The largest absolute Gasteiger partial charge is 0.493 e. The summed E-state index contributed by atoms with van der Waals surface area (Å²) in [6.45, 7) is 1.31. The first kappa shape index (κ1) is 15.9. The summed E-state index contributed by atoms with van der Waals surface area (Å²) in [5.74, 6) is -1.06. The first-order valence-electron chi connectivity index (χ1n) is 6.31. The third kappa shape index (κ3) is 4.77. The van der Waals surface area contributed by atoms with E-state index in [4.69, 9.17) is 4.74 Å². The second-order valence-electron chi connectivity index (χ2n) is 4.75. The molecule has 3 nitrogen and oxygen atoms in total. The zero-order chi connectivity index (χ0) is 15.5.